The minimum atomic E-state index is -0.360. The van der Waals surface area contributed by atoms with Gasteiger partial charge in [0.15, 0.2) is 5.75 Å². The molecule has 2 rings (SSSR count). The van der Waals surface area contributed by atoms with E-state index in [1.165, 1.54) is 12.3 Å². The van der Waals surface area contributed by atoms with Crippen LogP contribution in [0.5, 0.6) is 5.75 Å². The largest absolute Gasteiger partial charge is 0.493 e. The Balaban J connectivity index is 2.48. The summed E-state index contributed by atoms with van der Waals surface area (Å²) in [5, 5.41) is 7.47. The molecule has 0 bridgehead atoms. The van der Waals surface area contributed by atoms with Crippen molar-refractivity contribution in [2.75, 3.05) is 13.7 Å². The first-order chi connectivity index (χ1) is 9.17. The Morgan fingerprint density at radius 3 is 2.84 bits per heavy atom. The van der Waals surface area contributed by atoms with Crippen molar-refractivity contribution in [2.24, 2.45) is 7.05 Å². The quantitative estimate of drug-likeness (QED) is 0.892. The predicted molar refractivity (Wildman–Crippen MR) is 69.5 cm³/mol. The first-order valence-electron chi connectivity index (χ1n) is 6.07. The molecule has 19 heavy (non-hydrogen) atoms. The van der Waals surface area contributed by atoms with E-state index in [0.29, 0.717) is 5.75 Å². The highest BCUT2D eigenvalue weighted by molar-refractivity contribution is 5.35. The molecule has 0 saturated heterocycles. The van der Waals surface area contributed by atoms with Crippen molar-refractivity contribution < 1.29 is 9.13 Å². The first kappa shape index (κ1) is 13.5. The Hall–Kier alpha value is -1.95. The topological polar surface area (TPSA) is 52.0 Å². The van der Waals surface area contributed by atoms with Crippen LogP contribution in [0.2, 0.25) is 0 Å². The molecule has 0 aliphatic heterocycles. The molecular formula is C13H17FN4O. The van der Waals surface area contributed by atoms with Gasteiger partial charge in [-0.05, 0) is 18.2 Å². The van der Waals surface area contributed by atoms with Crippen molar-refractivity contribution >= 4 is 0 Å². The summed E-state index contributed by atoms with van der Waals surface area (Å²) >= 11 is 0. The lowest BCUT2D eigenvalue weighted by Crippen LogP contribution is -2.25. The fraction of sp³-hybridized carbons (Fsp3) is 0.385. The fourth-order valence-electron chi connectivity index (χ4n) is 2.08. The number of pyridine rings is 1. The van der Waals surface area contributed by atoms with Crippen LogP contribution in [0.25, 0.3) is 0 Å². The molecule has 1 atom stereocenters. The molecule has 2 heterocycles. The maximum Gasteiger partial charge on any atom is 0.161 e. The lowest BCUT2D eigenvalue weighted by Gasteiger charge is -2.19. The van der Waals surface area contributed by atoms with E-state index < -0.39 is 0 Å². The Bertz CT molecular complexity index is 555. The summed E-state index contributed by atoms with van der Waals surface area (Å²) in [7, 11) is 3.42. The van der Waals surface area contributed by atoms with Gasteiger partial charge in [0.05, 0.1) is 25.5 Å². The van der Waals surface area contributed by atoms with Crippen LogP contribution in [0, 0.1) is 5.82 Å². The number of aryl methyl sites for hydroxylation is 1. The van der Waals surface area contributed by atoms with Gasteiger partial charge < -0.3 is 10.1 Å². The molecule has 2 aromatic heterocycles. The van der Waals surface area contributed by atoms with Gasteiger partial charge in [-0.2, -0.15) is 5.10 Å². The monoisotopic (exact) mass is 264 g/mol. The number of rotatable bonds is 5. The third-order valence-corrected chi connectivity index (χ3v) is 2.91. The molecule has 0 aromatic carbocycles. The third kappa shape index (κ3) is 2.73. The summed E-state index contributed by atoms with van der Waals surface area (Å²) in [6.45, 7) is 2.72. The maximum atomic E-state index is 13.3. The van der Waals surface area contributed by atoms with Gasteiger partial charge in [-0.3, -0.25) is 9.67 Å². The Morgan fingerprint density at radius 1 is 1.42 bits per heavy atom. The molecule has 2 aromatic rings. The van der Waals surface area contributed by atoms with Crippen LogP contribution in [0.3, 0.4) is 0 Å². The Morgan fingerprint density at radius 2 is 2.21 bits per heavy atom. The van der Waals surface area contributed by atoms with Gasteiger partial charge in [0, 0.05) is 13.2 Å². The second-order valence-electron chi connectivity index (χ2n) is 4.15. The van der Waals surface area contributed by atoms with Gasteiger partial charge in [-0.15, -0.1) is 0 Å². The number of nitrogens with one attached hydrogen (secondary N) is 1. The minimum Gasteiger partial charge on any atom is -0.493 e. The molecule has 0 saturated carbocycles. The van der Waals surface area contributed by atoms with Gasteiger partial charge in [0.1, 0.15) is 11.5 Å². The van der Waals surface area contributed by atoms with E-state index in [0.717, 1.165) is 17.8 Å². The summed E-state index contributed by atoms with van der Waals surface area (Å²) in [6, 6.07) is 1.25. The zero-order valence-electron chi connectivity index (χ0n) is 11.2. The minimum absolute atomic E-state index is 0.212. The van der Waals surface area contributed by atoms with Crippen molar-refractivity contribution in [2.45, 2.75) is 13.0 Å². The number of hydrogen-bond donors (Lipinski definition) is 1. The second kappa shape index (κ2) is 5.79. The predicted octanol–water partition coefficient (Wildman–Crippen LogP) is 1.66. The highest BCUT2D eigenvalue weighted by atomic mass is 19.1. The molecule has 0 aliphatic rings. The van der Waals surface area contributed by atoms with Gasteiger partial charge in [-0.25, -0.2) is 4.39 Å². The van der Waals surface area contributed by atoms with Crippen molar-refractivity contribution in [1.29, 1.82) is 0 Å². The first-order valence-corrected chi connectivity index (χ1v) is 6.07. The second-order valence-corrected chi connectivity index (χ2v) is 4.15. The van der Waals surface area contributed by atoms with E-state index in [1.54, 1.807) is 24.2 Å². The van der Waals surface area contributed by atoms with Gasteiger partial charge in [0.2, 0.25) is 0 Å². The molecule has 102 valence electrons. The molecule has 6 heteroatoms. The van der Waals surface area contributed by atoms with E-state index in [2.05, 4.69) is 15.4 Å². The summed E-state index contributed by atoms with van der Waals surface area (Å²) < 4.78 is 20.4. The molecule has 0 fully saturated rings. The zero-order chi connectivity index (χ0) is 13.8. The van der Waals surface area contributed by atoms with E-state index in [4.69, 9.17) is 4.74 Å². The van der Waals surface area contributed by atoms with Crippen molar-refractivity contribution in [3.8, 4) is 5.75 Å². The molecule has 0 aliphatic carbocycles. The van der Waals surface area contributed by atoms with Crippen LogP contribution in [0.1, 0.15) is 24.2 Å². The van der Waals surface area contributed by atoms with Crippen LogP contribution < -0.4 is 10.1 Å². The molecular weight excluding hydrogens is 247 g/mol. The standard InChI is InChI=1S/C13H17FN4O/c1-4-16-12(9-5-10(14)7-15-6-9)13-11(19-3)8-17-18(13)2/h5-8,12,16H,4H2,1-3H3. The molecule has 0 spiro atoms. The van der Waals surface area contributed by atoms with Gasteiger partial charge in [-0.1, -0.05) is 6.92 Å². The van der Waals surface area contributed by atoms with Crippen LogP contribution in [0.15, 0.2) is 24.7 Å². The number of nitrogens with zero attached hydrogens (tertiary/aromatic N) is 3. The van der Waals surface area contributed by atoms with E-state index in [9.17, 15) is 4.39 Å². The number of methoxy groups -OCH3 is 1. The summed E-state index contributed by atoms with van der Waals surface area (Å²) in [5.41, 5.74) is 1.58. The van der Waals surface area contributed by atoms with Crippen molar-refractivity contribution in [3.63, 3.8) is 0 Å². The van der Waals surface area contributed by atoms with Gasteiger partial charge in [0.25, 0.3) is 0 Å². The normalized spacial score (nSPS) is 12.4. The van der Waals surface area contributed by atoms with Crippen LogP contribution in [0.4, 0.5) is 4.39 Å². The van der Waals surface area contributed by atoms with Gasteiger partial charge >= 0.3 is 0 Å². The van der Waals surface area contributed by atoms with Crippen molar-refractivity contribution in [3.05, 3.63) is 41.7 Å². The highest BCUT2D eigenvalue weighted by Crippen LogP contribution is 2.29. The van der Waals surface area contributed by atoms with Crippen LogP contribution in [-0.2, 0) is 7.05 Å². The molecule has 1 unspecified atom stereocenters. The molecule has 0 radical (unpaired) electrons. The van der Waals surface area contributed by atoms with Crippen molar-refractivity contribution in [1.82, 2.24) is 20.1 Å². The lowest BCUT2D eigenvalue weighted by atomic mass is 10.1. The maximum absolute atomic E-state index is 13.3. The number of halogens is 1. The zero-order valence-corrected chi connectivity index (χ0v) is 11.2. The average Bonchev–Trinajstić information content (AvgIpc) is 2.77. The molecule has 5 nitrogen and oxygen atoms in total. The molecule has 0 amide bonds. The summed E-state index contributed by atoms with van der Waals surface area (Å²) in [4.78, 5) is 3.90. The third-order valence-electron chi connectivity index (χ3n) is 2.91. The van der Waals surface area contributed by atoms with Crippen LogP contribution >= 0.6 is 0 Å². The summed E-state index contributed by atoms with van der Waals surface area (Å²) in [6.07, 6.45) is 4.47. The van der Waals surface area contributed by atoms with E-state index in [1.807, 2.05) is 14.0 Å². The number of aromatic nitrogens is 3. The fourth-order valence-corrected chi connectivity index (χ4v) is 2.08. The average molecular weight is 264 g/mol. The highest BCUT2D eigenvalue weighted by Gasteiger charge is 2.22. The number of hydrogen-bond acceptors (Lipinski definition) is 4. The lowest BCUT2D eigenvalue weighted by molar-refractivity contribution is 0.401. The van der Waals surface area contributed by atoms with E-state index >= 15 is 0 Å². The SMILES string of the molecule is CCNC(c1cncc(F)c1)c1c(OC)cnn1C. The molecule has 1 N–H and O–H groups in total. The summed E-state index contributed by atoms with van der Waals surface area (Å²) in [5.74, 6) is 0.305. The van der Waals surface area contributed by atoms with Crippen LogP contribution in [-0.4, -0.2) is 28.4 Å². The smallest absolute Gasteiger partial charge is 0.161 e. The Kier molecular flexibility index (Phi) is 4.11. The Labute approximate surface area is 111 Å². The number of ether oxygens (including phenoxy) is 1. The van der Waals surface area contributed by atoms with E-state index in [-0.39, 0.29) is 11.9 Å².